The van der Waals surface area contributed by atoms with Crippen LogP contribution in [0.3, 0.4) is 0 Å². The summed E-state index contributed by atoms with van der Waals surface area (Å²) in [5.74, 6) is 0. The van der Waals surface area contributed by atoms with E-state index in [9.17, 15) is 5.11 Å². The molecule has 1 aliphatic rings. The van der Waals surface area contributed by atoms with Crippen molar-refractivity contribution in [1.29, 1.82) is 0 Å². The lowest BCUT2D eigenvalue weighted by atomic mass is 10.1. The fourth-order valence-electron chi connectivity index (χ4n) is 4.05. The molecular weight excluding hydrogens is 368 g/mol. The van der Waals surface area contributed by atoms with E-state index < -0.39 is 0 Å². The van der Waals surface area contributed by atoms with Crippen LogP contribution in [0.4, 0.5) is 0 Å². The number of aliphatic hydroxyl groups excluding tert-OH is 1. The predicted molar refractivity (Wildman–Crippen MR) is 114 cm³/mol. The minimum Gasteiger partial charge on any atom is -0.396 e. The third kappa shape index (κ3) is 4.52. The van der Waals surface area contributed by atoms with Crippen molar-refractivity contribution in [2.24, 2.45) is 0 Å². The summed E-state index contributed by atoms with van der Waals surface area (Å²) in [4.78, 5) is 6.45. The van der Waals surface area contributed by atoms with E-state index >= 15 is 0 Å². The van der Waals surface area contributed by atoms with E-state index in [0.717, 1.165) is 44.8 Å². The first-order chi connectivity index (χ1) is 13.7. The lowest BCUT2D eigenvalue weighted by Gasteiger charge is -2.41. The van der Waals surface area contributed by atoms with Crippen LogP contribution in [0.2, 0.25) is 0 Å². The first-order valence-electron chi connectivity index (χ1n) is 9.92. The molecule has 148 valence electrons. The number of nitrogens with zero attached hydrogens (tertiary/aromatic N) is 4. The SMILES string of the molecule is Cc1ccc(-n2cccn2)c(CN2CCN(Cc3cccs3)C(CCO)C2)c1. The normalized spacial score (nSPS) is 18.6. The van der Waals surface area contributed by atoms with Gasteiger partial charge in [-0.25, -0.2) is 4.68 Å². The van der Waals surface area contributed by atoms with Crippen molar-refractivity contribution in [2.45, 2.75) is 32.5 Å². The summed E-state index contributed by atoms with van der Waals surface area (Å²) in [6, 6.07) is 13.3. The highest BCUT2D eigenvalue weighted by molar-refractivity contribution is 7.09. The van der Waals surface area contributed by atoms with Gasteiger partial charge in [0.25, 0.3) is 0 Å². The van der Waals surface area contributed by atoms with E-state index in [1.54, 1.807) is 0 Å². The van der Waals surface area contributed by atoms with E-state index in [4.69, 9.17) is 0 Å². The van der Waals surface area contributed by atoms with Crippen molar-refractivity contribution in [3.63, 3.8) is 0 Å². The zero-order chi connectivity index (χ0) is 19.3. The largest absolute Gasteiger partial charge is 0.396 e. The topological polar surface area (TPSA) is 44.5 Å². The molecule has 3 heterocycles. The molecule has 0 saturated carbocycles. The maximum Gasteiger partial charge on any atom is 0.0690 e. The molecule has 1 unspecified atom stereocenters. The van der Waals surface area contributed by atoms with Crippen molar-refractivity contribution in [3.05, 3.63) is 70.2 Å². The Kier molecular flexibility index (Phi) is 6.22. The molecule has 2 aromatic heterocycles. The van der Waals surface area contributed by atoms with Gasteiger partial charge in [0.1, 0.15) is 0 Å². The average Bonchev–Trinajstić information content (AvgIpc) is 3.38. The second kappa shape index (κ2) is 9.01. The number of aromatic nitrogens is 2. The molecular formula is C22H28N4OS. The second-order valence-electron chi connectivity index (χ2n) is 7.53. The molecule has 4 rings (SSSR count). The number of piperazine rings is 1. The Morgan fingerprint density at radius 3 is 2.86 bits per heavy atom. The van der Waals surface area contributed by atoms with Gasteiger partial charge in [-0.2, -0.15) is 5.10 Å². The molecule has 0 spiro atoms. The zero-order valence-corrected chi connectivity index (χ0v) is 17.2. The molecule has 0 bridgehead atoms. The lowest BCUT2D eigenvalue weighted by molar-refractivity contribution is 0.0506. The number of hydrogen-bond acceptors (Lipinski definition) is 5. The van der Waals surface area contributed by atoms with Crippen LogP contribution in [0.1, 0.15) is 22.4 Å². The molecule has 5 nitrogen and oxygen atoms in total. The van der Waals surface area contributed by atoms with Crippen molar-refractivity contribution in [3.8, 4) is 5.69 Å². The third-order valence-electron chi connectivity index (χ3n) is 5.47. The van der Waals surface area contributed by atoms with Gasteiger partial charge in [0.05, 0.1) is 5.69 Å². The summed E-state index contributed by atoms with van der Waals surface area (Å²) in [6.07, 6.45) is 4.65. The Balaban J connectivity index is 1.48. The second-order valence-corrected chi connectivity index (χ2v) is 8.57. The first kappa shape index (κ1) is 19.3. The molecule has 1 aromatic carbocycles. The van der Waals surface area contributed by atoms with Gasteiger partial charge in [-0.3, -0.25) is 9.80 Å². The highest BCUT2D eigenvalue weighted by Gasteiger charge is 2.27. The van der Waals surface area contributed by atoms with E-state index in [2.05, 4.69) is 57.5 Å². The van der Waals surface area contributed by atoms with Crippen LogP contribution < -0.4 is 0 Å². The summed E-state index contributed by atoms with van der Waals surface area (Å²) < 4.78 is 1.95. The van der Waals surface area contributed by atoms with Crippen LogP contribution in [-0.2, 0) is 13.1 Å². The summed E-state index contributed by atoms with van der Waals surface area (Å²) >= 11 is 1.81. The Morgan fingerprint density at radius 1 is 1.18 bits per heavy atom. The van der Waals surface area contributed by atoms with Crippen LogP contribution in [0.5, 0.6) is 0 Å². The fourth-order valence-corrected chi connectivity index (χ4v) is 4.78. The molecule has 0 radical (unpaired) electrons. The maximum absolute atomic E-state index is 9.59. The summed E-state index contributed by atoms with van der Waals surface area (Å²) in [5.41, 5.74) is 3.72. The van der Waals surface area contributed by atoms with Gasteiger partial charge < -0.3 is 5.11 Å². The molecule has 1 aliphatic heterocycles. The maximum atomic E-state index is 9.59. The summed E-state index contributed by atoms with van der Waals surface area (Å²) in [5, 5.41) is 16.2. The quantitative estimate of drug-likeness (QED) is 0.665. The molecule has 3 aromatic rings. The molecule has 1 fully saturated rings. The smallest absolute Gasteiger partial charge is 0.0690 e. The average molecular weight is 397 g/mol. The first-order valence-corrected chi connectivity index (χ1v) is 10.8. The van der Waals surface area contributed by atoms with Gasteiger partial charge >= 0.3 is 0 Å². The lowest BCUT2D eigenvalue weighted by Crippen LogP contribution is -2.52. The number of rotatable bonds is 7. The van der Waals surface area contributed by atoms with Gasteiger partial charge in [0, 0.05) is 62.6 Å². The van der Waals surface area contributed by atoms with Crippen LogP contribution in [0.15, 0.2) is 54.2 Å². The van der Waals surface area contributed by atoms with E-state index in [1.165, 1.54) is 16.0 Å². The van der Waals surface area contributed by atoms with Crippen molar-refractivity contribution >= 4 is 11.3 Å². The number of benzene rings is 1. The third-order valence-corrected chi connectivity index (χ3v) is 6.33. The minimum absolute atomic E-state index is 0.239. The standard InChI is InChI=1S/C22H28N4OS/c1-18-5-6-22(26-9-3-8-23-26)19(14-18)15-24-10-11-25(20(16-24)7-12-27)17-21-4-2-13-28-21/h2-6,8-9,13-14,20,27H,7,10-12,15-17H2,1H3. The molecule has 1 atom stereocenters. The highest BCUT2D eigenvalue weighted by atomic mass is 32.1. The highest BCUT2D eigenvalue weighted by Crippen LogP contribution is 2.23. The molecule has 1 saturated heterocycles. The van der Waals surface area contributed by atoms with E-state index in [1.807, 2.05) is 34.5 Å². The van der Waals surface area contributed by atoms with Crippen molar-refractivity contribution < 1.29 is 5.11 Å². The number of thiophene rings is 1. The molecule has 28 heavy (non-hydrogen) atoms. The van der Waals surface area contributed by atoms with Crippen LogP contribution >= 0.6 is 11.3 Å². The van der Waals surface area contributed by atoms with E-state index in [0.29, 0.717) is 6.04 Å². The van der Waals surface area contributed by atoms with Gasteiger partial charge in [-0.15, -0.1) is 11.3 Å². The van der Waals surface area contributed by atoms with Gasteiger partial charge in [-0.05, 0) is 42.5 Å². The minimum atomic E-state index is 0.239. The fraction of sp³-hybridized carbons (Fsp3) is 0.409. The summed E-state index contributed by atoms with van der Waals surface area (Å²) in [6.45, 7) is 7.33. The number of aliphatic hydroxyl groups is 1. The number of hydrogen-bond donors (Lipinski definition) is 1. The molecule has 0 amide bonds. The Hall–Kier alpha value is -1.99. The Morgan fingerprint density at radius 2 is 2.11 bits per heavy atom. The molecule has 6 heteroatoms. The van der Waals surface area contributed by atoms with Crippen LogP contribution in [0, 0.1) is 6.92 Å². The summed E-state index contributed by atoms with van der Waals surface area (Å²) in [7, 11) is 0. The zero-order valence-electron chi connectivity index (χ0n) is 16.4. The monoisotopic (exact) mass is 396 g/mol. The Labute approximate surface area is 170 Å². The van der Waals surface area contributed by atoms with Crippen LogP contribution in [-0.4, -0.2) is 57.0 Å². The predicted octanol–water partition coefficient (Wildman–Crippen LogP) is 3.31. The van der Waals surface area contributed by atoms with Gasteiger partial charge in [0.2, 0.25) is 0 Å². The molecule has 0 aliphatic carbocycles. The van der Waals surface area contributed by atoms with Gasteiger partial charge in [-0.1, -0.05) is 23.8 Å². The van der Waals surface area contributed by atoms with E-state index in [-0.39, 0.29) is 6.61 Å². The van der Waals surface area contributed by atoms with Crippen LogP contribution in [0.25, 0.3) is 5.69 Å². The van der Waals surface area contributed by atoms with Crippen molar-refractivity contribution in [1.82, 2.24) is 19.6 Å². The Bertz CT molecular complexity index is 863. The van der Waals surface area contributed by atoms with Gasteiger partial charge in [0.15, 0.2) is 0 Å². The van der Waals surface area contributed by atoms with Crippen molar-refractivity contribution in [2.75, 3.05) is 26.2 Å². The number of aryl methyl sites for hydroxylation is 1. The molecule has 1 N–H and O–H groups in total.